The van der Waals surface area contributed by atoms with E-state index in [9.17, 15) is 0 Å². The number of halogens is 1. The van der Waals surface area contributed by atoms with Gasteiger partial charge in [-0.1, -0.05) is 23.7 Å². The van der Waals surface area contributed by atoms with Crippen LogP contribution in [0.3, 0.4) is 0 Å². The summed E-state index contributed by atoms with van der Waals surface area (Å²) in [5.41, 5.74) is 2.26. The van der Waals surface area contributed by atoms with Crippen molar-refractivity contribution in [2.24, 2.45) is 0 Å². The Morgan fingerprint density at radius 1 is 1.16 bits per heavy atom. The van der Waals surface area contributed by atoms with Crippen LogP contribution in [0.5, 0.6) is 0 Å². The largest absolute Gasteiger partial charge is 0.383 e. The summed E-state index contributed by atoms with van der Waals surface area (Å²) in [4.78, 5) is 6.28. The third-order valence-corrected chi connectivity index (χ3v) is 3.21. The van der Waals surface area contributed by atoms with E-state index in [0.717, 1.165) is 30.3 Å². The normalized spacial score (nSPS) is 10.7. The Labute approximate surface area is 119 Å². The Morgan fingerprint density at radius 3 is 2.63 bits per heavy atom. The average Bonchev–Trinajstić information content (AvgIpc) is 2.42. The lowest BCUT2D eigenvalue weighted by molar-refractivity contribution is 0.340. The average molecular weight is 276 g/mol. The van der Waals surface area contributed by atoms with Gasteiger partial charge >= 0.3 is 0 Å². The Kier molecular flexibility index (Phi) is 5.19. The van der Waals surface area contributed by atoms with Gasteiger partial charge in [-0.3, -0.25) is 4.98 Å². The number of likely N-dealkylation sites (N-methyl/N-ethyl adjacent to an activating group) is 1. The van der Waals surface area contributed by atoms with E-state index in [2.05, 4.69) is 22.2 Å². The van der Waals surface area contributed by atoms with Crippen LogP contribution in [0.1, 0.15) is 5.56 Å². The molecule has 0 fully saturated rings. The molecule has 0 amide bonds. The molecule has 0 aliphatic heterocycles. The van der Waals surface area contributed by atoms with Gasteiger partial charge in [-0.05, 0) is 36.9 Å². The van der Waals surface area contributed by atoms with Crippen molar-refractivity contribution >= 4 is 17.3 Å². The molecule has 0 saturated carbocycles. The molecule has 1 N–H and O–H groups in total. The Hall–Kier alpha value is -1.58. The lowest BCUT2D eigenvalue weighted by Crippen LogP contribution is -2.24. The van der Waals surface area contributed by atoms with Crippen LogP contribution in [-0.4, -0.2) is 30.0 Å². The SMILES string of the molecule is CN(CCNc1ccccc1Cl)Cc1ccncc1. The first-order valence-electron chi connectivity index (χ1n) is 6.31. The molecule has 0 bridgehead atoms. The standard InChI is InChI=1S/C15H18ClN3/c1-19(12-13-6-8-17-9-7-13)11-10-18-15-5-3-2-4-14(15)16/h2-9,18H,10-12H2,1H3. The van der Waals surface area contributed by atoms with E-state index in [4.69, 9.17) is 11.6 Å². The molecular weight excluding hydrogens is 258 g/mol. The smallest absolute Gasteiger partial charge is 0.0637 e. The van der Waals surface area contributed by atoms with Gasteiger partial charge in [-0.15, -0.1) is 0 Å². The number of para-hydroxylation sites is 1. The molecular formula is C15H18ClN3. The molecule has 0 aliphatic rings. The van der Waals surface area contributed by atoms with Crippen molar-refractivity contribution in [2.45, 2.75) is 6.54 Å². The van der Waals surface area contributed by atoms with Gasteiger partial charge in [0.05, 0.1) is 10.7 Å². The molecule has 0 unspecified atom stereocenters. The zero-order chi connectivity index (χ0) is 13.5. The number of nitrogens with zero attached hydrogens (tertiary/aromatic N) is 2. The Balaban J connectivity index is 1.75. The van der Waals surface area contributed by atoms with E-state index in [1.807, 2.05) is 48.8 Å². The van der Waals surface area contributed by atoms with Gasteiger partial charge in [-0.2, -0.15) is 0 Å². The number of aromatic nitrogens is 1. The molecule has 0 atom stereocenters. The minimum atomic E-state index is 0.763. The summed E-state index contributed by atoms with van der Waals surface area (Å²) in [6.45, 7) is 2.74. The van der Waals surface area contributed by atoms with Crippen molar-refractivity contribution in [1.82, 2.24) is 9.88 Å². The number of hydrogen-bond acceptors (Lipinski definition) is 3. The zero-order valence-electron chi connectivity index (χ0n) is 11.0. The van der Waals surface area contributed by atoms with E-state index in [0.29, 0.717) is 0 Å². The van der Waals surface area contributed by atoms with Crippen LogP contribution in [0.2, 0.25) is 5.02 Å². The summed E-state index contributed by atoms with van der Waals surface area (Å²) in [6, 6.07) is 11.9. The predicted molar refractivity (Wildman–Crippen MR) is 80.5 cm³/mol. The first-order chi connectivity index (χ1) is 9.25. The van der Waals surface area contributed by atoms with Crippen molar-refractivity contribution in [1.29, 1.82) is 0 Å². The highest BCUT2D eigenvalue weighted by molar-refractivity contribution is 6.33. The third kappa shape index (κ3) is 4.54. The maximum Gasteiger partial charge on any atom is 0.0637 e. The van der Waals surface area contributed by atoms with E-state index >= 15 is 0 Å². The van der Waals surface area contributed by atoms with Crippen LogP contribution >= 0.6 is 11.6 Å². The molecule has 0 radical (unpaired) electrons. The summed E-state index contributed by atoms with van der Waals surface area (Å²) in [5, 5.41) is 4.11. The molecule has 3 nitrogen and oxygen atoms in total. The van der Waals surface area contributed by atoms with E-state index in [1.165, 1.54) is 5.56 Å². The molecule has 0 spiro atoms. The van der Waals surface area contributed by atoms with Crippen LogP contribution in [-0.2, 0) is 6.54 Å². The molecule has 2 aromatic rings. The fourth-order valence-corrected chi connectivity index (χ4v) is 2.07. The molecule has 1 aromatic carbocycles. The van der Waals surface area contributed by atoms with E-state index in [1.54, 1.807) is 0 Å². The first-order valence-corrected chi connectivity index (χ1v) is 6.69. The van der Waals surface area contributed by atoms with Gasteiger partial charge in [0.1, 0.15) is 0 Å². The van der Waals surface area contributed by atoms with Crippen LogP contribution in [0.25, 0.3) is 0 Å². The van der Waals surface area contributed by atoms with Crippen LogP contribution in [0.4, 0.5) is 5.69 Å². The fourth-order valence-electron chi connectivity index (χ4n) is 1.86. The maximum atomic E-state index is 6.09. The molecule has 2 rings (SSSR count). The topological polar surface area (TPSA) is 28.2 Å². The van der Waals surface area contributed by atoms with Crippen LogP contribution in [0.15, 0.2) is 48.8 Å². The Morgan fingerprint density at radius 2 is 1.89 bits per heavy atom. The van der Waals surface area contributed by atoms with Crippen molar-refractivity contribution in [3.8, 4) is 0 Å². The summed E-state index contributed by atoms with van der Waals surface area (Å²) in [6.07, 6.45) is 3.65. The fraction of sp³-hybridized carbons (Fsp3) is 0.267. The van der Waals surface area contributed by atoms with Gasteiger partial charge in [0.2, 0.25) is 0 Å². The molecule has 1 heterocycles. The number of pyridine rings is 1. The van der Waals surface area contributed by atoms with Crippen molar-refractivity contribution in [2.75, 3.05) is 25.5 Å². The first kappa shape index (κ1) is 13.8. The second-order valence-electron chi connectivity index (χ2n) is 4.50. The second-order valence-corrected chi connectivity index (χ2v) is 4.91. The molecule has 1 aromatic heterocycles. The van der Waals surface area contributed by atoms with E-state index < -0.39 is 0 Å². The lowest BCUT2D eigenvalue weighted by Gasteiger charge is -2.17. The quantitative estimate of drug-likeness (QED) is 0.877. The highest BCUT2D eigenvalue weighted by atomic mass is 35.5. The minimum Gasteiger partial charge on any atom is -0.383 e. The highest BCUT2D eigenvalue weighted by Gasteiger charge is 2.01. The van der Waals surface area contributed by atoms with E-state index in [-0.39, 0.29) is 0 Å². The van der Waals surface area contributed by atoms with Gasteiger partial charge in [-0.25, -0.2) is 0 Å². The summed E-state index contributed by atoms with van der Waals surface area (Å²) >= 11 is 6.09. The number of anilines is 1. The predicted octanol–water partition coefficient (Wildman–Crippen LogP) is 3.28. The van der Waals surface area contributed by atoms with Crippen LogP contribution in [0, 0.1) is 0 Å². The lowest BCUT2D eigenvalue weighted by atomic mass is 10.2. The molecule has 100 valence electrons. The van der Waals surface area contributed by atoms with Gasteiger partial charge < -0.3 is 10.2 Å². The van der Waals surface area contributed by atoms with Crippen LogP contribution < -0.4 is 5.32 Å². The number of hydrogen-bond donors (Lipinski definition) is 1. The molecule has 19 heavy (non-hydrogen) atoms. The number of rotatable bonds is 6. The monoisotopic (exact) mass is 275 g/mol. The third-order valence-electron chi connectivity index (χ3n) is 2.88. The molecule has 4 heteroatoms. The van der Waals surface area contributed by atoms with Crippen molar-refractivity contribution < 1.29 is 0 Å². The number of nitrogens with one attached hydrogen (secondary N) is 1. The Bertz CT molecular complexity index is 502. The van der Waals surface area contributed by atoms with Gasteiger partial charge in [0, 0.05) is 32.0 Å². The van der Waals surface area contributed by atoms with Gasteiger partial charge in [0.25, 0.3) is 0 Å². The summed E-state index contributed by atoms with van der Waals surface area (Å²) in [7, 11) is 2.11. The minimum absolute atomic E-state index is 0.763. The summed E-state index contributed by atoms with van der Waals surface area (Å²) < 4.78 is 0. The molecule has 0 saturated heterocycles. The van der Waals surface area contributed by atoms with Crippen molar-refractivity contribution in [3.63, 3.8) is 0 Å². The van der Waals surface area contributed by atoms with Crippen molar-refractivity contribution in [3.05, 3.63) is 59.4 Å². The van der Waals surface area contributed by atoms with Gasteiger partial charge in [0.15, 0.2) is 0 Å². The zero-order valence-corrected chi connectivity index (χ0v) is 11.8. The number of benzene rings is 1. The second kappa shape index (κ2) is 7.12. The highest BCUT2D eigenvalue weighted by Crippen LogP contribution is 2.19. The summed E-state index contributed by atoms with van der Waals surface area (Å²) in [5.74, 6) is 0. The molecule has 0 aliphatic carbocycles. The maximum absolute atomic E-state index is 6.09.